The Hall–Kier alpha value is -0.610. The molecule has 0 aromatic heterocycles. The number of hydrogen-bond acceptors (Lipinski definition) is 3. The van der Waals surface area contributed by atoms with Gasteiger partial charge in [-0.25, -0.2) is 0 Å². The Bertz CT molecular complexity index is 231. The first-order chi connectivity index (χ1) is 8.15. The molecule has 2 N–H and O–H groups in total. The second-order valence-electron chi connectivity index (χ2n) is 5.17. The van der Waals surface area contributed by atoms with Crippen LogP contribution in [0.4, 0.5) is 0 Å². The van der Waals surface area contributed by atoms with Gasteiger partial charge < -0.3 is 10.6 Å². The normalized spacial score (nSPS) is 22.2. The molecule has 0 spiro atoms. The van der Waals surface area contributed by atoms with Gasteiger partial charge in [-0.05, 0) is 32.4 Å². The Labute approximate surface area is 105 Å². The van der Waals surface area contributed by atoms with Crippen molar-refractivity contribution in [3.05, 3.63) is 0 Å². The number of rotatable bonds is 5. The van der Waals surface area contributed by atoms with Crippen LogP contribution in [0.25, 0.3) is 0 Å². The third-order valence-electron chi connectivity index (χ3n) is 3.61. The standard InChI is InChI=1S/C13H27N3O/c1-15(2)13(17)8-6-10-16-9-5-3-4-7-12(16)11-14/h12H,3-11,14H2,1-2H3. The monoisotopic (exact) mass is 241 g/mol. The van der Waals surface area contributed by atoms with Crippen molar-refractivity contribution in [2.75, 3.05) is 33.7 Å². The van der Waals surface area contributed by atoms with Gasteiger partial charge in [0.25, 0.3) is 0 Å². The summed E-state index contributed by atoms with van der Waals surface area (Å²) in [6.07, 6.45) is 6.73. The van der Waals surface area contributed by atoms with E-state index < -0.39 is 0 Å². The molecule has 0 bridgehead atoms. The van der Waals surface area contributed by atoms with Crippen LogP contribution in [0.15, 0.2) is 0 Å². The number of carbonyl (C=O) groups is 1. The van der Waals surface area contributed by atoms with Crippen LogP contribution >= 0.6 is 0 Å². The van der Waals surface area contributed by atoms with Crippen LogP contribution in [-0.2, 0) is 4.79 Å². The van der Waals surface area contributed by atoms with E-state index in [0.29, 0.717) is 12.5 Å². The molecule has 0 aliphatic carbocycles. The fourth-order valence-electron chi connectivity index (χ4n) is 2.46. The van der Waals surface area contributed by atoms with Gasteiger partial charge in [-0.15, -0.1) is 0 Å². The molecule has 4 heteroatoms. The summed E-state index contributed by atoms with van der Waals surface area (Å²) in [6, 6.07) is 0.534. The Morgan fingerprint density at radius 1 is 1.35 bits per heavy atom. The number of amides is 1. The van der Waals surface area contributed by atoms with Crippen LogP contribution < -0.4 is 5.73 Å². The van der Waals surface area contributed by atoms with Gasteiger partial charge in [-0.1, -0.05) is 12.8 Å². The smallest absolute Gasteiger partial charge is 0.222 e. The Morgan fingerprint density at radius 2 is 2.12 bits per heavy atom. The summed E-state index contributed by atoms with van der Waals surface area (Å²) in [6.45, 7) is 2.92. The van der Waals surface area contributed by atoms with Gasteiger partial charge in [0.15, 0.2) is 0 Å². The van der Waals surface area contributed by atoms with Crippen LogP contribution in [0.2, 0.25) is 0 Å². The molecule has 1 heterocycles. The van der Waals surface area contributed by atoms with Gasteiger partial charge in [0.2, 0.25) is 5.91 Å². The lowest BCUT2D eigenvalue weighted by Crippen LogP contribution is -2.41. The quantitative estimate of drug-likeness (QED) is 0.783. The van der Waals surface area contributed by atoms with E-state index in [1.54, 1.807) is 4.90 Å². The zero-order valence-corrected chi connectivity index (χ0v) is 11.3. The van der Waals surface area contributed by atoms with E-state index in [-0.39, 0.29) is 5.91 Å². The summed E-state index contributed by atoms with van der Waals surface area (Å²) in [4.78, 5) is 15.6. The van der Waals surface area contributed by atoms with E-state index in [1.165, 1.54) is 25.7 Å². The zero-order chi connectivity index (χ0) is 12.7. The third kappa shape index (κ3) is 5.04. The predicted octanol–water partition coefficient (Wildman–Crippen LogP) is 1.06. The van der Waals surface area contributed by atoms with Crippen molar-refractivity contribution in [1.29, 1.82) is 0 Å². The summed E-state index contributed by atoms with van der Waals surface area (Å²) in [5.41, 5.74) is 5.83. The highest BCUT2D eigenvalue weighted by molar-refractivity contribution is 5.75. The molecule has 0 aromatic carbocycles. The van der Waals surface area contributed by atoms with E-state index in [4.69, 9.17) is 5.73 Å². The van der Waals surface area contributed by atoms with Crippen LogP contribution in [0, 0.1) is 0 Å². The largest absolute Gasteiger partial charge is 0.349 e. The molecule has 1 aliphatic rings. The molecule has 1 atom stereocenters. The molecule has 1 amide bonds. The lowest BCUT2D eigenvalue weighted by Gasteiger charge is -2.28. The number of carbonyl (C=O) groups excluding carboxylic acids is 1. The maximum Gasteiger partial charge on any atom is 0.222 e. The van der Waals surface area contributed by atoms with Gasteiger partial charge in [0.05, 0.1) is 0 Å². The summed E-state index contributed by atoms with van der Waals surface area (Å²) in [7, 11) is 3.63. The fourth-order valence-corrected chi connectivity index (χ4v) is 2.46. The lowest BCUT2D eigenvalue weighted by molar-refractivity contribution is -0.128. The number of nitrogens with two attached hydrogens (primary N) is 1. The first kappa shape index (κ1) is 14.5. The van der Waals surface area contributed by atoms with Crippen LogP contribution in [0.5, 0.6) is 0 Å². The summed E-state index contributed by atoms with van der Waals surface area (Å²) in [5.74, 6) is 0.226. The molecule has 1 rings (SSSR count). The van der Waals surface area contributed by atoms with E-state index in [1.807, 2.05) is 14.1 Å². The Morgan fingerprint density at radius 3 is 2.76 bits per heavy atom. The van der Waals surface area contributed by atoms with Crippen molar-refractivity contribution in [3.63, 3.8) is 0 Å². The highest BCUT2D eigenvalue weighted by Crippen LogP contribution is 2.16. The van der Waals surface area contributed by atoms with E-state index in [2.05, 4.69) is 4.90 Å². The van der Waals surface area contributed by atoms with E-state index in [9.17, 15) is 4.79 Å². The Balaban J connectivity index is 2.30. The number of likely N-dealkylation sites (tertiary alicyclic amines) is 1. The van der Waals surface area contributed by atoms with Gasteiger partial charge in [-0.2, -0.15) is 0 Å². The SMILES string of the molecule is CN(C)C(=O)CCCN1CCCCCC1CN. The van der Waals surface area contributed by atoms with Gasteiger partial charge in [-0.3, -0.25) is 9.69 Å². The van der Waals surface area contributed by atoms with Crippen LogP contribution in [-0.4, -0.2) is 55.5 Å². The van der Waals surface area contributed by atoms with Crippen LogP contribution in [0.3, 0.4) is 0 Å². The minimum Gasteiger partial charge on any atom is -0.349 e. The van der Waals surface area contributed by atoms with Crippen molar-refractivity contribution in [3.8, 4) is 0 Å². The maximum absolute atomic E-state index is 11.5. The summed E-state index contributed by atoms with van der Waals surface area (Å²) < 4.78 is 0. The molecule has 0 saturated carbocycles. The molecule has 1 aliphatic heterocycles. The van der Waals surface area contributed by atoms with Gasteiger partial charge in [0.1, 0.15) is 0 Å². The molecular formula is C13H27N3O. The van der Waals surface area contributed by atoms with Crippen molar-refractivity contribution in [2.45, 2.75) is 44.6 Å². The average molecular weight is 241 g/mol. The van der Waals surface area contributed by atoms with Gasteiger partial charge >= 0.3 is 0 Å². The molecule has 0 radical (unpaired) electrons. The predicted molar refractivity (Wildman–Crippen MR) is 70.8 cm³/mol. The molecule has 0 aromatic rings. The molecule has 100 valence electrons. The highest BCUT2D eigenvalue weighted by Gasteiger charge is 2.19. The Kier molecular flexibility index (Phi) is 6.52. The first-order valence-corrected chi connectivity index (χ1v) is 6.79. The maximum atomic E-state index is 11.5. The van der Waals surface area contributed by atoms with E-state index in [0.717, 1.165) is 26.1 Å². The van der Waals surface area contributed by atoms with Crippen molar-refractivity contribution < 1.29 is 4.79 Å². The number of nitrogens with zero attached hydrogens (tertiary/aromatic N) is 2. The third-order valence-corrected chi connectivity index (χ3v) is 3.61. The zero-order valence-electron chi connectivity index (χ0n) is 11.3. The summed E-state index contributed by atoms with van der Waals surface area (Å²) in [5, 5.41) is 0. The molecule has 1 fully saturated rings. The van der Waals surface area contributed by atoms with Crippen molar-refractivity contribution in [1.82, 2.24) is 9.80 Å². The van der Waals surface area contributed by atoms with E-state index >= 15 is 0 Å². The minimum atomic E-state index is 0.226. The molecule has 17 heavy (non-hydrogen) atoms. The second-order valence-corrected chi connectivity index (χ2v) is 5.17. The minimum absolute atomic E-state index is 0.226. The lowest BCUT2D eigenvalue weighted by atomic mass is 10.1. The fraction of sp³-hybridized carbons (Fsp3) is 0.923. The second kappa shape index (κ2) is 7.67. The topological polar surface area (TPSA) is 49.6 Å². The molecule has 4 nitrogen and oxygen atoms in total. The molecular weight excluding hydrogens is 214 g/mol. The highest BCUT2D eigenvalue weighted by atomic mass is 16.2. The first-order valence-electron chi connectivity index (χ1n) is 6.79. The summed E-state index contributed by atoms with van der Waals surface area (Å²) >= 11 is 0. The van der Waals surface area contributed by atoms with Crippen LogP contribution in [0.1, 0.15) is 38.5 Å². The average Bonchev–Trinajstić information content (AvgIpc) is 2.53. The van der Waals surface area contributed by atoms with Crippen molar-refractivity contribution in [2.24, 2.45) is 5.73 Å². The molecule has 1 saturated heterocycles. The van der Waals surface area contributed by atoms with Crippen molar-refractivity contribution >= 4 is 5.91 Å². The molecule has 1 unspecified atom stereocenters. The number of hydrogen-bond donors (Lipinski definition) is 1. The van der Waals surface area contributed by atoms with Gasteiger partial charge in [0, 0.05) is 33.1 Å².